The lowest BCUT2D eigenvalue weighted by atomic mass is 9.88. The van der Waals surface area contributed by atoms with Crippen LogP contribution in [0.4, 0.5) is 0 Å². The highest BCUT2D eigenvalue weighted by molar-refractivity contribution is 7.99. The van der Waals surface area contributed by atoms with Gasteiger partial charge in [0.25, 0.3) is 0 Å². The molecule has 0 bridgehead atoms. The Kier molecular flexibility index (Phi) is 7.61. The maximum Gasteiger partial charge on any atom is 0.0163 e. The molecular formula is C15H31NS. The maximum atomic E-state index is 3.75. The van der Waals surface area contributed by atoms with E-state index < -0.39 is 0 Å². The van der Waals surface area contributed by atoms with Gasteiger partial charge < -0.3 is 5.32 Å². The van der Waals surface area contributed by atoms with Crippen molar-refractivity contribution in [1.82, 2.24) is 5.32 Å². The largest absolute Gasteiger partial charge is 0.313 e. The Hall–Kier alpha value is 0.310. The van der Waals surface area contributed by atoms with E-state index in [-0.39, 0.29) is 0 Å². The van der Waals surface area contributed by atoms with Crippen LogP contribution < -0.4 is 5.32 Å². The Balaban J connectivity index is 1.95. The highest BCUT2D eigenvalue weighted by atomic mass is 32.2. The van der Waals surface area contributed by atoms with E-state index in [0.29, 0.717) is 5.41 Å². The molecular weight excluding hydrogens is 226 g/mol. The molecule has 1 atom stereocenters. The van der Waals surface area contributed by atoms with Gasteiger partial charge in [-0.3, -0.25) is 0 Å². The van der Waals surface area contributed by atoms with Gasteiger partial charge in [0.1, 0.15) is 0 Å². The van der Waals surface area contributed by atoms with Gasteiger partial charge in [0, 0.05) is 11.8 Å². The van der Waals surface area contributed by atoms with Crippen molar-refractivity contribution in [3.05, 3.63) is 0 Å². The average Bonchev–Trinajstić information content (AvgIpc) is 2.27. The van der Waals surface area contributed by atoms with Gasteiger partial charge >= 0.3 is 0 Å². The van der Waals surface area contributed by atoms with Crippen LogP contribution in [0.1, 0.15) is 65.7 Å². The third-order valence-electron chi connectivity index (χ3n) is 3.57. The van der Waals surface area contributed by atoms with E-state index in [1.807, 2.05) is 0 Å². The number of nitrogens with one attached hydrogen (secondary N) is 1. The van der Waals surface area contributed by atoms with E-state index in [0.717, 1.165) is 6.04 Å². The Bertz CT molecular complexity index is 191. The van der Waals surface area contributed by atoms with Gasteiger partial charge in [-0.15, -0.1) is 0 Å². The first-order valence-corrected chi connectivity index (χ1v) is 8.60. The van der Waals surface area contributed by atoms with Gasteiger partial charge in [0.15, 0.2) is 0 Å². The standard InChI is InChI=1S/C15H31NS/c1-4-5-6-7-8-9-10-16-14-11-15(2,3)13-17-12-14/h14,16H,4-13H2,1-3H3. The summed E-state index contributed by atoms with van der Waals surface area (Å²) in [6, 6.07) is 0.763. The summed E-state index contributed by atoms with van der Waals surface area (Å²) >= 11 is 2.12. The fourth-order valence-corrected chi connectivity index (χ4v) is 3.91. The van der Waals surface area contributed by atoms with Crippen LogP contribution in [0.2, 0.25) is 0 Å². The van der Waals surface area contributed by atoms with Crippen LogP contribution >= 0.6 is 11.8 Å². The summed E-state index contributed by atoms with van der Waals surface area (Å²) in [4.78, 5) is 0. The fraction of sp³-hybridized carbons (Fsp3) is 1.00. The number of hydrogen-bond acceptors (Lipinski definition) is 2. The molecule has 1 heterocycles. The molecule has 1 rings (SSSR count). The molecule has 1 aliphatic rings. The van der Waals surface area contributed by atoms with Crippen molar-refractivity contribution in [2.45, 2.75) is 71.8 Å². The fourth-order valence-electron chi connectivity index (χ4n) is 2.60. The lowest BCUT2D eigenvalue weighted by molar-refractivity contribution is 0.317. The summed E-state index contributed by atoms with van der Waals surface area (Å²) in [5.41, 5.74) is 0.543. The van der Waals surface area contributed by atoms with Crippen LogP contribution in [-0.2, 0) is 0 Å². The molecule has 0 saturated carbocycles. The smallest absolute Gasteiger partial charge is 0.0163 e. The average molecular weight is 257 g/mol. The van der Waals surface area contributed by atoms with Gasteiger partial charge in [-0.2, -0.15) is 11.8 Å². The van der Waals surface area contributed by atoms with E-state index in [9.17, 15) is 0 Å². The van der Waals surface area contributed by atoms with Crippen molar-refractivity contribution in [1.29, 1.82) is 0 Å². The van der Waals surface area contributed by atoms with Crippen molar-refractivity contribution >= 4 is 11.8 Å². The molecule has 1 aliphatic heterocycles. The Morgan fingerprint density at radius 1 is 1.12 bits per heavy atom. The number of unbranched alkanes of at least 4 members (excludes halogenated alkanes) is 5. The Morgan fingerprint density at radius 3 is 2.53 bits per heavy atom. The summed E-state index contributed by atoms with van der Waals surface area (Å²) in [5.74, 6) is 2.65. The van der Waals surface area contributed by atoms with E-state index >= 15 is 0 Å². The molecule has 102 valence electrons. The number of hydrogen-bond donors (Lipinski definition) is 1. The van der Waals surface area contributed by atoms with Crippen LogP contribution in [0.25, 0.3) is 0 Å². The van der Waals surface area contributed by atoms with Gasteiger partial charge in [-0.25, -0.2) is 0 Å². The summed E-state index contributed by atoms with van der Waals surface area (Å²) < 4.78 is 0. The summed E-state index contributed by atoms with van der Waals surface area (Å²) in [5, 5.41) is 3.75. The third kappa shape index (κ3) is 7.35. The van der Waals surface area contributed by atoms with Crippen molar-refractivity contribution in [3.8, 4) is 0 Å². The molecule has 1 N–H and O–H groups in total. The zero-order chi connectivity index (χ0) is 12.6. The maximum absolute atomic E-state index is 3.75. The molecule has 0 aromatic carbocycles. The Morgan fingerprint density at radius 2 is 1.82 bits per heavy atom. The summed E-state index contributed by atoms with van der Waals surface area (Å²) in [6.45, 7) is 8.31. The monoisotopic (exact) mass is 257 g/mol. The van der Waals surface area contributed by atoms with Gasteiger partial charge in [0.2, 0.25) is 0 Å². The SMILES string of the molecule is CCCCCCCCNC1CSCC(C)(C)C1. The first-order chi connectivity index (χ1) is 8.14. The topological polar surface area (TPSA) is 12.0 Å². The second-order valence-electron chi connectivity index (χ2n) is 6.30. The quantitative estimate of drug-likeness (QED) is 0.644. The summed E-state index contributed by atoms with van der Waals surface area (Å²) in [7, 11) is 0. The number of rotatable bonds is 8. The lowest BCUT2D eigenvalue weighted by Gasteiger charge is -2.35. The minimum Gasteiger partial charge on any atom is -0.313 e. The molecule has 1 nitrogen and oxygen atoms in total. The van der Waals surface area contributed by atoms with Gasteiger partial charge in [0.05, 0.1) is 0 Å². The molecule has 0 radical (unpaired) electrons. The Labute approximate surface area is 113 Å². The highest BCUT2D eigenvalue weighted by Crippen LogP contribution is 2.33. The second kappa shape index (κ2) is 8.42. The lowest BCUT2D eigenvalue weighted by Crippen LogP contribution is -2.40. The normalized spacial score (nSPS) is 23.8. The van der Waals surface area contributed by atoms with Crippen LogP contribution in [0.15, 0.2) is 0 Å². The van der Waals surface area contributed by atoms with Crippen molar-refractivity contribution in [2.24, 2.45) is 5.41 Å². The number of thioether (sulfide) groups is 1. The predicted molar refractivity (Wildman–Crippen MR) is 80.9 cm³/mol. The third-order valence-corrected chi connectivity index (χ3v) is 5.20. The molecule has 0 amide bonds. The van der Waals surface area contributed by atoms with E-state index in [2.05, 4.69) is 37.8 Å². The van der Waals surface area contributed by atoms with Crippen LogP contribution in [0.5, 0.6) is 0 Å². The van der Waals surface area contributed by atoms with Crippen molar-refractivity contribution in [2.75, 3.05) is 18.1 Å². The molecule has 1 unspecified atom stereocenters. The van der Waals surface area contributed by atoms with E-state index in [4.69, 9.17) is 0 Å². The first-order valence-electron chi connectivity index (χ1n) is 7.45. The molecule has 0 aromatic rings. The minimum atomic E-state index is 0.543. The molecule has 1 fully saturated rings. The van der Waals surface area contributed by atoms with Crippen LogP contribution in [0.3, 0.4) is 0 Å². The first kappa shape index (κ1) is 15.4. The highest BCUT2D eigenvalue weighted by Gasteiger charge is 2.27. The molecule has 1 saturated heterocycles. The van der Waals surface area contributed by atoms with E-state index in [1.54, 1.807) is 0 Å². The summed E-state index contributed by atoms with van der Waals surface area (Å²) in [6.07, 6.45) is 9.77. The molecule has 0 aromatic heterocycles. The minimum absolute atomic E-state index is 0.543. The van der Waals surface area contributed by atoms with Crippen LogP contribution in [-0.4, -0.2) is 24.1 Å². The van der Waals surface area contributed by atoms with E-state index in [1.165, 1.54) is 63.0 Å². The zero-order valence-electron chi connectivity index (χ0n) is 12.1. The van der Waals surface area contributed by atoms with Gasteiger partial charge in [-0.1, -0.05) is 52.9 Å². The van der Waals surface area contributed by atoms with Crippen LogP contribution in [0, 0.1) is 5.41 Å². The molecule has 17 heavy (non-hydrogen) atoms. The molecule has 0 spiro atoms. The molecule has 2 heteroatoms. The van der Waals surface area contributed by atoms with Crippen molar-refractivity contribution in [3.63, 3.8) is 0 Å². The van der Waals surface area contributed by atoms with Crippen molar-refractivity contribution < 1.29 is 0 Å². The predicted octanol–water partition coefficient (Wildman–Crippen LogP) is 4.47. The second-order valence-corrected chi connectivity index (χ2v) is 7.33. The zero-order valence-corrected chi connectivity index (χ0v) is 12.9. The molecule has 0 aliphatic carbocycles. The van der Waals surface area contributed by atoms with Gasteiger partial charge in [-0.05, 0) is 30.6 Å².